The Morgan fingerprint density at radius 2 is 2.00 bits per heavy atom. The Hall–Kier alpha value is -2.67. The predicted molar refractivity (Wildman–Crippen MR) is 107 cm³/mol. The molecule has 0 radical (unpaired) electrons. The maximum atomic E-state index is 12.6. The molecule has 1 aliphatic carbocycles. The van der Waals surface area contributed by atoms with E-state index in [0.29, 0.717) is 23.6 Å². The molecule has 152 valence electrons. The number of rotatable bonds is 5. The van der Waals surface area contributed by atoms with Crippen molar-refractivity contribution in [2.75, 3.05) is 6.54 Å². The average molecular weight is 416 g/mol. The summed E-state index contributed by atoms with van der Waals surface area (Å²) >= 11 is 6.38. The molecule has 29 heavy (non-hydrogen) atoms. The normalized spacial score (nSPS) is 17.9. The van der Waals surface area contributed by atoms with Gasteiger partial charge in [-0.25, -0.2) is 9.78 Å². The maximum absolute atomic E-state index is 12.6. The van der Waals surface area contributed by atoms with Gasteiger partial charge in [0.2, 0.25) is 0 Å². The minimum atomic E-state index is -0.763. The second-order valence-electron chi connectivity index (χ2n) is 7.60. The van der Waals surface area contributed by atoms with E-state index in [9.17, 15) is 14.4 Å². The number of halogens is 1. The van der Waals surface area contributed by atoms with Gasteiger partial charge in [0.05, 0.1) is 22.7 Å². The number of hydrogen-bond donors (Lipinski definition) is 1. The zero-order valence-corrected chi connectivity index (χ0v) is 16.9. The van der Waals surface area contributed by atoms with E-state index in [4.69, 9.17) is 16.3 Å². The van der Waals surface area contributed by atoms with Crippen LogP contribution in [-0.4, -0.2) is 39.9 Å². The van der Waals surface area contributed by atoms with Crippen LogP contribution in [-0.2, 0) is 20.9 Å². The third kappa shape index (κ3) is 3.55. The van der Waals surface area contributed by atoms with Crippen LogP contribution >= 0.6 is 11.6 Å². The number of carbonyl (C=O) groups excluding carboxylic acids is 3. The van der Waals surface area contributed by atoms with Crippen LogP contribution in [0.4, 0.5) is 4.79 Å². The number of carbonyl (C=O) groups is 3. The molecule has 0 unspecified atom stereocenters. The van der Waals surface area contributed by atoms with Crippen LogP contribution in [0.15, 0.2) is 24.3 Å². The van der Waals surface area contributed by atoms with Crippen molar-refractivity contribution in [1.29, 1.82) is 0 Å². The van der Waals surface area contributed by atoms with Crippen LogP contribution in [0.3, 0.4) is 0 Å². The fourth-order valence-electron chi connectivity index (χ4n) is 4.13. The van der Waals surface area contributed by atoms with Crippen LogP contribution in [0.5, 0.6) is 0 Å². The standard InChI is InChI=1S/C21H22ClN3O4/c1-13-14-6-2-3-7-15(14)23-16(18(13)22)12-29-17(26)8-11-25-19(27)21(24-20(25)28)9-4-5-10-21/h2-3,6-7H,4-5,8-12H2,1H3,(H,24,28). The van der Waals surface area contributed by atoms with E-state index in [0.717, 1.165) is 34.2 Å². The minimum absolute atomic E-state index is 0.00313. The van der Waals surface area contributed by atoms with Crippen molar-refractivity contribution in [1.82, 2.24) is 15.2 Å². The first kappa shape index (κ1) is 19.6. The summed E-state index contributed by atoms with van der Waals surface area (Å²) in [6.07, 6.45) is 3.08. The molecular weight excluding hydrogens is 394 g/mol. The molecule has 2 aliphatic rings. The summed E-state index contributed by atoms with van der Waals surface area (Å²) in [5, 5.41) is 4.22. The number of benzene rings is 1. The highest BCUT2D eigenvalue weighted by molar-refractivity contribution is 6.32. The molecule has 2 heterocycles. The molecular formula is C21H22ClN3O4. The molecule has 1 spiro atoms. The van der Waals surface area contributed by atoms with Crippen LogP contribution in [0.2, 0.25) is 5.02 Å². The van der Waals surface area contributed by atoms with Gasteiger partial charge in [0, 0.05) is 11.9 Å². The van der Waals surface area contributed by atoms with Gasteiger partial charge in [-0.05, 0) is 31.4 Å². The van der Waals surface area contributed by atoms with Gasteiger partial charge in [-0.3, -0.25) is 14.5 Å². The lowest BCUT2D eigenvalue weighted by molar-refractivity contribution is -0.145. The van der Waals surface area contributed by atoms with E-state index >= 15 is 0 Å². The Kier molecular flexibility index (Phi) is 5.17. The number of ether oxygens (including phenoxy) is 1. The van der Waals surface area contributed by atoms with E-state index < -0.39 is 17.5 Å². The van der Waals surface area contributed by atoms with E-state index in [1.165, 1.54) is 0 Å². The summed E-state index contributed by atoms with van der Waals surface area (Å²) in [4.78, 5) is 42.6. The maximum Gasteiger partial charge on any atom is 0.325 e. The number of nitrogens with one attached hydrogen (secondary N) is 1. The molecule has 2 aromatic rings. The number of hydrogen-bond acceptors (Lipinski definition) is 5. The number of pyridine rings is 1. The lowest BCUT2D eigenvalue weighted by Gasteiger charge is -2.19. The highest BCUT2D eigenvalue weighted by Gasteiger charge is 2.52. The van der Waals surface area contributed by atoms with E-state index in [2.05, 4.69) is 10.3 Å². The highest BCUT2D eigenvalue weighted by atomic mass is 35.5. The largest absolute Gasteiger partial charge is 0.459 e. The number of aryl methyl sites for hydroxylation is 1. The molecule has 4 rings (SSSR count). The first-order chi connectivity index (χ1) is 13.9. The van der Waals surface area contributed by atoms with Crippen LogP contribution in [0.1, 0.15) is 43.4 Å². The van der Waals surface area contributed by atoms with Gasteiger partial charge < -0.3 is 10.1 Å². The number of urea groups is 1. The Labute approximate surface area is 173 Å². The first-order valence-electron chi connectivity index (χ1n) is 9.75. The van der Waals surface area contributed by atoms with Crippen molar-refractivity contribution in [3.8, 4) is 0 Å². The van der Waals surface area contributed by atoms with Gasteiger partial charge >= 0.3 is 12.0 Å². The summed E-state index contributed by atoms with van der Waals surface area (Å²) in [7, 11) is 0. The molecule has 2 fully saturated rings. The Morgan fingerprint density at radius 3 is 2.76 bits per heavy atom. The molecule has 1 saturated heterocycles. The van der Waals surface area contributed by atoms with Gasteiger partial charge in [-0.15, -0.1) is 0 Å². The number of imide groups is 1. The van der Waals surface area contributed by atoms with E-state index in [1.54, 1.807) is 0 Å². The Balaban J connectivity index is 1.36. The summed E-state index contributed by atoms with van der Waals surface area (Å²) in [5.74, 6) is -0.746. The van der Waals surface area contributed by atoms with Crippen LogP contribution < -0.4 is 5.32 Å². The SMILES string of the molecule is Cc1c(Cl)c(COC(=O)CCN2C(=O)NC3(CCCC3)C2=O)nc2ccccc12. The predicted octanol–water partition coefficient (Wildman–Crippen LogP) is 3.49. The van der Waals surface area contributed by atoms with E-state index in [1.807, 2.05) is 31.2 Å². The molecule has 0 atom stereocenters. The van der Waals surface area contributed by atoms with Gasteiger partial charge in [-0.2, -0.15) is 0 Å². The molecule has 8 heteroatoms. The first-order valence-corrected chi connectivity index (χ1v) is 10.1. The van der Waals surface area contributed by atoms with Gasteiger partial charge in [0.1, 0.15) is 12.1 Å². The fourth-order valence-corrected chi connectivity index (χ4v) is 4.33. The summed E-state index contributed by atoms with van der Waals surface area (Å²) in [6.45, 7) is 1.84. The summed E-state index contributed by atoms with van der Waals surface area (Å²) in [5.41, 5.74) is 1.38. The second kappa shape index (κ2) is 7.63. The van der Waals surface area contributed by atoms with Crippen LogP contribution in [0, 0.1) is 6.92 Å². The van der Waals surface area contributed by atoms with Gasteiger partial charge in [-0.1, -0.05) is 42.6 Å². The number of esters is 1. The lowest BCUT2D eigenvalue weighted by atomic mass is 9.98. The zero-order valence-electron chi connectivity index (χ0n) is 16.2. The molecule has 1 aromatic heterocycles. The molecule has 1 saturated carbocycles. The Bertz CT molecular complexity index is 1000. The molecule has 1 N–H and O–H groups in total. The van der Waals surface area contributed by atoms with Crippen molar-refractivity contribution in [3.63, 3.8) is 0 Å². The molecule has 1 aliphatic heterocycles. The quantitative estimate of drug-likeness (QED) is 0.596. The number of aromatic nitrogens is 1. The number of para-hydroxylation sites is 1. The summed E-state index contributed by atoms with van der Waals surface area (Å²) < 4.78 is 5.30. The third-order valence-electron chi connectivity index (χ3n) is 5.76. The van der Waals surface area contributed by atoms with Gasteiger partial charge in [0.15, 0.2) is 0 Å². The lowest BCUT2D eigenvalue weighted by Crippen LogP contribution is -2.44. The van der Waals surface area contributed by atoms with Crippen molar-refractivity contribution in [3.05, 3.63) is 40.5 Å². The van der Waals surface area contributed by atoms with Crippen molar-refractivity contribution in [2.45, 2.75) is 51.2 Å². The molecule has 0 bridgehead atoms. The van der Waals surface area contributed by atoms with Crippen molar-refractivity contribution >= 4 is 40.4 Å². The number of fused-ring (bicyclic) bond motifs is 1. The number of amides is 3. The third-order valence-corrected chi connectivity index (χ3v) is 6.26. The van der Waals surface area contributed by atoms with Gasteiger partial charge in [0.25, 0.3) is 5.91 Å². The topological polar surface area (TPSA) is 88.6 Å². The monoisotopic (exact) mass is 415 g/mol. The minimum Gasteiger partial charge on any atom is -0.459 e. The van der Waals surface area contributed by atoms with Crippen molar-refractivity contribution < 1.29 is 19.1 Å². The van der Waals surface area contributed by atoms with Crippen molar-refractivity contribution in [2.24, 2.45) is 0 Å². The average Bonchev–Trinajstić information content (AvgIpc) is 3.27. The van der Waals surface area contributed by atoms with Crippen LogP contribution in [0.25, 0.3) is 10.9 Å². The number of nitrogens with zero attached hydrogens (tertiary/aromatic N) is 2. The molecule has 7 nitrogen and oxygen atoms in total. The zero-order chi connectivity index (χ0) is 20.6. The fraction of sp³-hybridized carbons (Fsp3) is 0.429. The highest BCUT2D eigenvalue weighted by Crippen LogP contribution is 2.35. The Morgan fingerprint density at radius 1 is 1.28 bits per heavy atom. The van der Waals surface area contributed by atoms with E-state index in [-0.39, 0.29) is 25.5 Å². The second-order valence-corrected chi connectivity index (χ2v) is 7.98. The molecule has 3 amide bonds. The smallest absolute Gasteiger partial charge is 0.325 e. The molecule has 1 aromatic carbocycles. The summed E-state index contributed by atoms with van der Waals surface area (Å²) in [6, 6.07) is 7.18.